The van der Waals surface area contributed by atoms with Gasteiger partial charge in [-0.05, 0) is 34.9 Å². The molecule has 0 aliphatic rings. The molecule has 4 N–H and O–H groups in total. The van der Waals surface area contributed by atoms with Gasteiger partial charge in [0.2, 0.25) is 0 Å². The van der Waals surface area contributed by atoms with Gasteiger partial charge in [0.15, 0.2) is 0 Å². The van der Waals surface area contributed by atoms with E-state index in [-0.39, 0.29) is 5.84 Å². The zero-order valence-corrected chi connectivity index (χ0v) is 14.3. The Labute approximate surface area is 149 Å². The third-order valence-electron chi connectivity index (χ3n) is 3.14. The Hall–Kier alpha value is -3.01. The van der Waals surface area contributed by atoms with E-state index in [1.165, 1.54) is 0 Å². The zero-order valence-electron chi connectivity index (χ0n) is 14.3. The van der Waals surface area contributed by atoms with E-state index in [1.54, 1.807) is 0 Å². The van der Waals surface area contributed by atoms with Crippen LogP contribution < -0.4 is 5.73 Å². The molecule has 0 saturated heterocycles. The number of hydrogen-bond donors (Lipinski definition) is 3. The Morgan fingerprint density at radius 2 is 1.73 bits per heavy atom. The van der Waals surface area contributed by atoms with Gasteiger partial charge >= 0.3 is 12.1 Å². The second kappa shape index (κ2) is 8.90. The third-order valence-corrected chi connectivity index (χ3v) is 3.14. The number of fused-ring (bicyclic) bond motifs is 1. The third kappa shape index (κ3) is 6.85. The molecule has 138 valence electrons. The van der Waals surface area contributed by atoms with Gasteiger partial charge in [-0.1, -0.05) is 43.9 Å². The van der Waals surface area contributed by atoms with E-state index in [4.69, 9.17) is 21.0 Å². The van der Waals surface area contributed by atoms with Crippen LogP contribution in [0.5, 0.6) is 0 Å². The van der Waals surface area contributed by atoms with Crippen molar-refractivity contribution in [3.8, 4) is 11.8 Å². The van der Waals surface area contributed by atoms with Gasteiger partial charge in [-0.15, -0.1) is 0 Å². The van der Waals surface area contributed by atoms with Crippen molar-refractivity contribution in [2.75, 3.05) is 0 Å². The number of halogens is 3. The van der Waals surface area contributed by atoms with Crippen LogP contribution >= 0.6 is 0 Å². The van der Waals surface area contributed by atoms with Gasteiger partial charge in [-0.3, -0.25) is 5.41 Å². The van der Waals surface area contributed by atoms with Gasteiger partial charge in [0.05, 0.1) is 0 Å². The molecule has 0 aromatic heterocycles. The molecule has 0 unspecified atom stereocenters. The summed E-state index contributed by atoms with van der Waals surface area (Å²) in [6, 6.07) is 11.9. The van der Waals surface area contributed by atoms with Crippen LogP contribution in [0.25, 0.3) is 10.8 Å². The SMILES string of the molecule is CC(C)CC#Cc1ccc2cc(C(=N)N)ccc2c1.O=C(O)C(F)(F)F. The van der Waals surface area contributed by atoms with Crippen molar-refractivity contribution in [1.29, 1.82) is 5.41 Å². The molecule has 0 heterocycles. The Morgan fingerprint density at radius 3 is 2.23 bits per heavy atom. The maximum atomic E-state index is 10.6. The topological polar surface area (TPSA) is 87.2 Å². The number of rotatable bonds is 2. The molecular weight excluding hydrogens is 345 g/mol. The standard InChI is InChI=1S/C17H18N2.C2HF3O2/c1-12(2)4-3-5-13-6-7-15-11-16(17(18)19)9-8-14(15)10-13;3-2(4,5)1(6)7/h6-12H,4H2,1-2H3,(H3,18,19);(H,6,7). The van der Waals surface area contributed by atoms with E-state index < -0.39 is 12.1 Å². The fraction of sp³-hybridized carbons (Fsp3) is 0.263. The van der Waals surface area contributed by atoms with E-state index in [1.807, 2.05) is 30.3 Å². The summed E-state index contributed by atoms with van der Waals surface area (Å²) >= 11 is 0. The van der Waals surface area contributed by atoms with Crippen LogP contribution in [0.4, 0.5) is 13.2 Å². The summed E-state index contributed by atoms with van der Waals surface area (Å²) in [4.78, 5) is 8.90. The average Bonchev–Trinajstić information content (AvgIpc) is 2.53. The molecule has 0 bridgehead atoms. The highest BCUT2D eigenvalue weighted by Crippen LogP contribution is 2.17. The van der Waals surface area contributed by atoms with Crippen LogP contribution in [0.3, 0.4) is 0 Å². The van der Waals surface area contributed by atoms with Crippen LogP contribution in [-0.2, 0) is 4.79 Å². The number of benzene rings is 2. The maximum Gasteiger partial charge on any atom is 0.490 e. The van der Waals surface area contributed by atoms with Crippen molar-refractivity contribution >= 4 is 22.6 Å². The van der Waals surface area contributed by atoms with E-state index in [9.17, 15) is 13.2 Å². The fourth-order valence-electron chi connectivity index (χ4n) is 1.85. The van der Waals surface area contributed by atoms with Gasteiger partial charge in [0, 0.05) is 17.5 Å². The predicted octanol–water partition coefficient (Wildman–Crippen LogP) is 4.15. The van der Waals surface area contributed by atoms with Crippen molar-refractivity contribution in [2.45, 2.75) is 26.4 Å². The number of amidine groups is 1. The van der Waals surface area contributed by atoms with Crippen LogP contribution in [-0.4, -0.2) is 23.1 Å². The van der Waals surface area contributed by atoms with Gasteiger partial charge in [-0.25, -0.2) is 4.79 Å². The number of nitrogens with one attached hydrogen (secondary N) is 1. The van der Waals surface area contributed by atoms with E-state index in [0.717, 1.165) is 28.3 Å². The van der Waals surface area contributed by atoms with Crippen LogP contribution in [0, 0.1) is 23.2 Å². The Kier molecular flexibility index (Phi) is 7.20. The largest absolute Gasteiger partial charge is 0.490 e. The first kappa shape index (κ1) is 21.0. The lowest BCUT2D eigenvalue weighted by atomic mass is 10.0. The van der Waals surface area contributed by atoms with Crippen LogP contribution in [0.15, 0.2) is 36.4 Å². The smallest absolute Gasteiger partial charge is 0.475 e. The minimum absolute atomic E-state index is 0.0997. The predicted molar refractivity (Wildman–Crippen MR) is 95.0 cm³/mol. The van der Waals surface area contributed by atoms with Crippen LogP contribution in [0.2, 0.25) is 0 Å². The first-order chi connectivity index (χ1) is 12.0. The van der Waals surface area contributed by atoms with Crippen LogP contribution in [0.1, 0.15) is 31.4 Å². The summed E-state index contributed by atoms with van der Waals surface area (Å²) in [6.45, 7) is 4.33. The Morgan fingerprint density at radius 1 is 1.19 bits per heavy atom. The molecular formula is C19H19F3N2O2. The lowest BCUT2D eigenvalue weighted by molar-refractivity contribution is -0.192. The van der Waals surface area contributed by atoms with Crippen molar-refractivity contribution < 1.29 is 23.1 Å². The minimum Gasteiger partial charge on any atom is -0.475 e. The summed E-state index contributed by atoms with van der Waals surface area (Å²) in [5, 5.41) is 16.8. The first-order valence-corrected chi connectivity index (χ1v) is 7.68. The van der Waals surface area contributed by atoms with E-state index in [2.05, 4.69) is 31.8 Å². The van der Waals surface area contributed by atoms with Crippen molar-refractivity contribution in [3.05, 3.63) is 47.5 Å². The highest BCUT2D eigenvalue weighted by Gasteiger charge is 2.38. The number of carboxylic acids is 1. The summed E-state index contributed by atoms with van der Waals surface area (Å²) in [7, 11) is 0. The first-order valence-electron chi connectivity index (χ1n) is 7.68. The quantitative estimate of drug-likeness (QED) is 0.425. The molecule has 4 nitrogen and oxygen atoms in total. The zero-order chi connectivity index (χ0) is 19.9. The summed E-state index contributed by atoms with van der Waals surface area (Å²) in [6.07, 6.45) is -4.17. The summed E-state index contributed by atoms with van der Waals surface area (Å²) in [5.74, 6) is 4.33. The number of aliphatic carboxylic acids is 1. The summed E-state index contributed by atoms with van der Waals surface area (Å²) < 4.78 is 31.7. The molecule has 2 rings (SSSR count). The highest BCUT2D eigenvalue weighted by molar-refractivity contribution is 5.99. The molecule has 26 heavy (non-hydrogen) atoms. The van der Waals surface area contributed by atoms with E-state index in [0.29, 0.717) is 5.92 Å². The molecule has 0 amide bonds. The van der Waals surface area contributed by atoms with Gasteiger partial charge in [-0.2, -0.15) is 13.2 Å². The molecule has 0 fully saturated rings. The highest BCUT2D eigenvalue weighted by atomic mass is 19.4. The number of hydrogen-bond acceptors (Lipinski definition) is 2. The average molecular weight is 364 g/mol. The molecule has 2 aromatic carbocycles. The van der Waals surface area contributed by atoms with E-state index >= 15 is 0 Å². The number of nitrogens with two attached hydrogens (primary N) is 1. The normalized spacial score (nSPS) is 10.5. The molecule has 7 heteroatoms. The lowest BCUT2D eigenvalue weighted by Gasteiger charge is -2.02. The Bertz CT molecular complexity index is 862. The summed E-state index contributed by atoms with van der Waals surface area (Å²) in [5.41, 5.74) is 7.28. The monoisotopic (exact) mass is 364 g/mol. The van der Waals surface area contributed by atoms with Gasteiger partial charge in [0.25, 0.3) is 0 Å². The van der Waals surface area contributed by atoms with Crippen molar-refractivity contribution in [1.82, 2.24) is 0 Å². The van der Waals surface area contributed by atoms with Gasteiger partial charge in [0.1, 0.15) is 5.84 Å². The molecule has 0 spiro atoms. The molecule has 0 radical (unpaired) electrons. The molecule has 2 aromatic rings. The number of carbonyl (C=O) groups is 1. The number of nitrogen functional groups attached to an aromatic ring is 1. The molecule has 0 aliphatic heterocycles. The molecule has 0 atom stereocenters. The molecule has 0 aliphatic carbocycles. The second-order valence-corrected chi connectivity index (χ2v) is 5.89. The Balaban J connectivity index is 0.000000412. The maximum absolute atomic E-state index is 10.6. The lowest BCUT2D eigenvalue weighted by Crippen LogP contribution is -2.21. The minimum atomic E-state index is -5.08. The number of carboxylic acid groups (broad SMARTS) is 1. The van der Waals surface area contributed by atoms with Crippen molar-refractivity contribution in [2.24, 2.45) is 11.7 Å². The second-order valence-electron chi connectivity index (χ2n) is 5.89. The molecule has 0 saturated carbocycles. The van der Waals surface area contributed by atoms with Crippen molar-refractivity contribution in [3.63, 3.8) is 0 Å². The fourth-order valence-corrected chi connectivity index (χ4v) is 1.85. The van der Waals surface area contributed by atoms with Gasteiger partial charge < -0.3 is 10.8 Å². The number of alkyl halides is 3.